The maximum atomic E-state index is 13.0. The van der Waals surface area contributed by atoms with Crippen molar-refractivity contribution in [3.05, 3.63) is 82.0 Å². The normalized spacial score (nSPS) is 12.9. The Balaban J connectivity index is 1.80. The molecular formula is C20H17N3O4. The second kappa shape index (κ2) is 6.95. The van der Waals surface area contributed by atoms with Crippen molar-refractivity contribution < 1.29 is 14.3 Å². The van der Waals surface area contributed by atoms with E-state index in [1.807, 2.05) is 42.5 Å². The fraction of sp³-hybridized carbons (Fsp3) is 0.150. The highest BCUT2D eigenvalue weighted by atomic mass is 16.5. The molecule has 1 amide bonds. The molecule has 27 heavy (non-hydrogen) atoms. The molecule has 1 aliphatic rings. The molecule has 0 aliphatic carbocycles. The van der Waals surface area contributed by atoms with Gasteiger partial charge < -0.3 is 19.4 Å². The number of nitrogens with one attached hydrogen (secondary N) is 1. The molecule has 4 rings (SSSR count). The van der Waals surface area contributed by atoms with E-state index >= 15 is 0 Å². The molecule has 1 aliphatic heterocycles. The van der Waals surface area contributed by atoms with Gasteiger partial charge in [-0.1, -0.05) is 30.3 Å². The standard InChI is InChI=1S/C20H17N3O4/c1-26-17-8-4-6-14-12-23(20(25)15-9-22-18(24)10-21-15)11-13-5-2-3-7-16(13)27-19(14)17/h2-10H,11-12H2,1H3,(H,22,24). The number of hydrogen-bond acceptors (Lipinski definition) is 5. The van der Waals surface area contributed by atoms with Crippen molar-refractivity contribution in [2.45, 2.75) is 13.1 Å². The summed E-state index contributed by atoms with van der Waals surface area (Å²) in [5, 5.41) is 0. The van der Waals surface area contributed by atoms with Crippen molar-refractivity contribution in [1.82, 2.24) is 14.9 Å². The second-order valence-corrected chi connectivity index (χ2v) is 6.12. The van der Waals surface area contributed by atoms with Crippen LogP contribution in [0.1, 0.15) is 21.6 Å². The number of carbonyl (C=O) groups is 1. The van der Waals surface area contributed by atoms with Crippen molar-refractivity contribution in [3.63, 3.8) is 0 Å². The first-order chi connectivity index (χ1) is 13.2. The van der Waals surface area contributed by atoms with Gasteiger partial charge in [-0.15, -0.1) is 0 Å². The predicted octanol–water partition coefficient (Wildman–Crippen LogP) is 2.73. The van der Waals surface area contributed by atoms with E-state index in [1.165, 1.54) is 6.20 Å². The minimum atomic E-state index is -0.354. The Bertz CT molecular complexity index is 1040. The molecule has 1 aromatic heterocycles. The van der Waals surface area contributed by atoms with E-state index in [-0.39, 0.29) is 17.2 Å². The lowest BCUT2D eigenvalue weighted by Gasteiger charge is -2.28. The van der Waals surface area contributed by atoms with Crippen LogP contribution in [0.2, 0.25) is 0 Å². The zero-order valence-corrected chi connectivity index (χ0v) is 14.6. The molecular weight excluding hydrogens is 346 g/mol. The van der Waals surface area contributed by atoms with Crippen LogP contribution in [0.5, 0.6) is 17.2 Å². The van der Waals surface area contributed by atoms with Crippen molar-refractivity contribution in [2.75, 3.05) is 7.11 Å². The Labute approximate surface area is 155 Å². The summed E-state index contributed by atoms with van der Waals surface area (Å²) in [5.74, 6) is 1.56. The van der Waals surface area contributed by atoms with Gasteiger partial charge >= 0.3 is 0 Å². The second-order valence-electron chi connectivity index (χ2n) is 6.12. The Hall–Kier alpha value is -3.61. The highest BCUT2D eigenvalue weighted by Gasteiger charge is 2.25. The van der Waals surface area contributed by atoms with Crippen molar-refractivity contribution in [2.24, 2.45) is 0 Å². The molecule has 0 saturated carbocycles. The minimum absolute atomic E-state index is 0.179. The van der Waals surface area contributed by atoms with E-state index in [1.54, 1.807) is 12.0 Å². The topological polar surface area (TPSA) is 84.5 Å². The quantitative estimate of drug-likeness (QED) is 0.757. The number of amides is 1. The first-order valence-corrected chi connectivity index (χ1v) is 8.41. The molecule has 3 aromatic rings. The Morgan fingerprint density at radius 2 is 1.93 bits per heavy atom. The van der Waals surface area contributed by atoms with Crippen LogP contribution in [0.3, 0.4) is 0 Å². The lowest BCUT2D eigenvalue weighted by atomic mass is 10.1. The molecule has 0 spiro atoms. The molecule has 0 atom stereocenters. The average molecular weight is 363 g/mol. The smallest absolute Gasteiger partial charge is 0.274 e. The van der Waals surface area contributed by atoms with E-state index in [9.17, 15) is 9.59 Å². The van der Waals surface area contributed by atoms with E-state index in [2.05, 4.69) is 9.97 Å². The fourth-order valence-corrected chi connectivity index (χ4v) is 3.04. The number of fused-ring (bicyclic) bond motifs is 2. The van der Waals surface area contributed by atoms with Crippen LogP contribution in [-0.4, -0.2) is 27.9 Å². The zero-order valence-electron chi connectivity index (χ0n) is 14.6. The van der Waals surface area contributed by atoms with Crippen molar-refractivity contribution >= 4 is 5.91 Å². The molecule has 0 radical (unpaired) electrons. The van der Waals surface area contributed by atoms with Crippen LogP contribution in [0.15, 0.2) is 59.7 Å². The number of carbonyl (C=O) groups excluding carboxylic acids is 1. The molecule has 1 N–H and O–H groups in total. The number of aromatic nitrogens is 2. The van der Waals surface area contributed by atoms with E-state index in [0.29, 0.717) is 30.3 Å². The third kappa shape index (κ3) is 3.27. The Morgan fingerprint density at radius 1 is 1.15 bits per heavy atom. The molecule has 0 saturated heterocycles. The van der Waals surface area contributed by atoms with E-state index < -0.39 is 0 Å². The molecule has 0 fully saturated rings. The van der Waals surface area contributed by atoms with Crippen LogP contribution >= 0.6 is 0 Å². The number of nitrogens with zero attached hydrogens (tertiary/aromatic N) is 2. The lowest BCUT2D eigenvalue weighted by Crippen LogP contribution is -2.32. The third-order valence-corrected chi connectivity index (χ3v) is 4.37. The fourth-order valence-electron chi connectivity index (χ4n) is 3.04. The summed E-state index contributed by atoms with van der Waals surface area (Å²) >= 11 is 0. The van der Waals surface area contributed by atoms with Gasteiger partial charge in [-0.3, -0.25) is 9.59 Å². The number of ether oxygens (including phenoxy) is 2. The molecule has 2 aromatic carbocycles. The van der Waals surface area contributed by atoms with Gasteiger partial charge in [0.2, 0.25) is 0 Å². The highest BCUT2D eigenvalue weighted by Crippen LogP contribution is 2.39. The summed E-state index contributed by atoms with van der Waals surface area (Å²) in [6, 6.07) is 13.1. The summed E-state index contributed by atoms with van der Waals surface area (Å²) in [7, 11) is 1.58. The number of methoxy groups -OCH3 is 1. The summed E-state index contributed by atoms with van der Waals surface area (Å²) in [4.78, 5) is 32.4. The van der Waals surface area contributed by atoms with Gasteiger partial charge in [-0.25, -0.2) is 4.98 Å². The SMILES string of the molecule is COc1cccc2c1Oc1ccccc1CN(C(=O)c1c[nH]c(=O)cn1)C2. The largest absolute Gasteiger partial charge is 0.493 e. The molecule has 0 bridgehead atoms. The number of benzene rings is 2. The first-order valence-electron chi connectivity index (χ1n) is 8.41. The van der Waals surface area contributed by atoms with Gasteiger partial charge in [0, 0.05) is 17.3 Å². The van der Waals surface area contributed by atoms with Crippen LogP contribution in [0.4, 0.5) is 0 Å². The number of H-pyrrole nitrogens is 1. The predicted molar refractivity (Wildman–Crippen MR) is 97.9 cm³/mol. The van der Waals surface area contributed by atoms with Gasteiger partial charge in [-0.2, -0.15) is 0 Å². The third-order valence-electron chi connectivity index (χ3n) is 4.37. The first kappa shape index (κ1) is 16.8. The van der Waals surface area contributed by atoms with Gasteiger partial charge in [-0.05, 0) is 12.1 Å². The maximum Gasteiger partial charge on any atom is 0.274 e. The average Bonchev–Trinajstić information content (AvgIpc) is 2.68. The minimum Gasteiger partial charge on any atom is -0.493 e. The number of rotatable bonds is 2. The van der Waals surface area contributed by atoms with Crippen LogP contribution in [-0.2, 0) is 13.1 Å². The van der Waals surface area contributed by atoms with Gasteiger partial charge in [0.15, 0.2) is 11.5 Å². The molecule has 7 nitrogen and oxygen atoms in total. The zero-order chi connectivity index (χ0) is 18.8. The molecule has 2 heterocycles. The van der Waals surface area contributed by atoms with Crippen LogP contribution in [0, 0.1) is 0 Å². The maximum absolute atomic E-state index is 13.0. The van der Waals surface area contributed by atoms with Crippen molar-refractivity contribution in [3.8, 4) is 17.2 Å². The van der Waals surface area contributed by atoms with Gasteiger partial charge in [0.25, 0.3) is 11.5 Å². The molecule has 136 valence electrons. The summed E-state index contributed by atoms with van der Waals surface area (Å²) in [6.45, 7) is 0.674. The van der Waals surface area contributed by atoms with Crippen LogP contribution in [0.25, 0.3) is 0 Å². The molecule has 0 unspecified atom stereocenters. The van der Waals surface area contributed by atoms with Crippen LogP contribution < -0.4 is 15.0 Å². The number of hydrogen-bond donors (Lipinski definition) is 1. The monoisotopic (exact) mass is 363 g/mol. The number of para-hydroxylation sites is 2. The summed E-state index contributed by atoms with van der Waals surface area (Å²) < 4.78 is 11.6. The Kier molecular flexibility index (Phi) is 4.33. The molecule has 7 heteroatoms. The van der Waals surface area contributed by atoms with E-state index in [0.717, 1.165) is 17.3 Å². The van der Waals surface area contributed by atoms with E-state index in [4.69, 9.17) is 9.47 Å². The Morgan fingerprint density at radius 3 is 2.70 bits per heavy atom. The highest BCUT2D eigenvalue weighted by molar-refractivity contribution is 5.92. The lowest BCUT2D eigenvalue weighted by molar-refractivity contribution is 0.0718. The van der Waals surface area contributed by atoms with Gasteiger partial charge in [0.05, 0.1) is 26.4 Å². The van der Waals surface area contributed by atoms with Crippen molar-refractivity contribution in [1.29, 1.82) is 0 Å². The summed E-state index contributed by atoms with van der Waals surface area (Å²) in [6.07, 6.45) is 2.43. The van der Waals surface area contributed by atoms with Gasteiger partial charge in [0.1, 0.15) is 11.4 Å². The number of aromatic amines is 1. The summed E-state index contributed by atoms with van der Waals surface area (Å²) in [5.41, 5.74) is 1.51.